The fraction of sp³-hybridized carbons (Fsp3) is 0.625. The van der Waals surface area contributed by atoms with E-state index in [-0.39, 0.29) is 5.91 Å². The topological polar surface area (TPSA) is 54.0 Å². The van der Waals surface area contributed by atoms with Gasteiger partial charge in [0.25, 0.3) is 5.91 Å². The summed E-state index contributed by atoms with van der Waals surface area (Å²) in [6.45, 7) is 4.50. The third-order valence-corrected chi connectivity index (χ3v) is 4.28. The Bertz CT molecular complexity index is 459. The predicted octanol–water partition coefficient (Wildman–Crippen LogP) is 3.07. The third kappa shape index (κ3) is 3.30. The molecule has 0 spiro atoms. The van der Waals surface area contributed by atoms with E-state index in [0.29, 0.717) is 29.3 Å². The maximum absolute atomic E-state index is 12.5. The second-order valence-corrected chi connectivity index (χ2v) is 5.92. The molecule has 4 heteroatoms. The SMILES string of the molecule is CNc1ncccc1C(=O)NC1CCCCC1C(C)C. The first-order valence-corrected chi connectivity index (χ1v) is 7.57. The minimum Gasteiger partial charge on any atom is -0.372 e. The van der Waals surface area contributed by atoms with E-state index in [1.807, 2.05) is 6.07 Å². The van der Waals surface area contributed by atoms with Gasteiger partial charge in [-0.05, 0) is 36.8 Å². The number of hydrogen-bond donors (Lipinski definition) is 2. The molecule has 2 rings (SSSR count). The summed E-state index contributed by atoms with van der Waals surface area (Å²) in [6.07, 6.45) is 6.49. The van der Waals surface area contributed by atoms with E-state index >= 15 is 0 Å². The number of rotatable bonds is 4. The fourth-order valence-electron chi connectivity index (χ4n) is 3.17. The van der Waals surface area contributed by atoms with Crippen molar-refractivity contribution >= 4 is 11.7 Å². The number of anilines is 1. The van der Waals surface area contributed by atoms with Gasteiger partial charge in [0, 0.05) is 19.3 Å². The predicted molar refractivity (Wildman–Crippen MR) is 81.8 cm³/mol. The van der Waals surface area contributed by atoms with Crippen molar-refractivity contribution in [2.75, 3.05) is 12.4 Å². The van der Waals surface area contributed by atoms with Gasteiger partial charge in [-0.25, -0.2) is 4.98 Å². The molecule has 2 N–H and O–H groups in total. The monoisotopic (exact) mass is 275 g/mol. The second kappa shape index (κ2) is 6.73. The molecule has 2 atom stereocenters. The molecule has 110 valence electrons. The van der Waals surface area contributed by atoms with Crippen molar-refractivity contribution in [3.05, 3.63) is 23.9 Å². The summed E-state index contributed by atoms with van der Waals surface area (Å²) < 4.78 is 0. The van der Waals surface area contributed by atoms with Gasteiger partial charge in [0.1, 0.15) is 5.82 Å². The lowest BCUT2D eigenvalue weighted by Gasteiger charge is -2.35. The zero-order valence-electron chi connectivity index (χ0n) is 12.6. The van der Waals surface area contributed by atoms with Gasteiger partial charge in [0.05, 0.1) is 5.56 Å². The molecule has 0 aliphatic heterocycles. The summed E-state index contributed by atoms with van der Waals surface area (Å²) >= 11 is 0. The van der Waals surface area contributed by atoms with Crippen LogP contribution in [-0.4, -0.2) is 24.0 Å². The number of hydrogen-bond acceptors (Lipinski definition) is 3. The highest BCUT2D eigenvalue weighted by Crippen LogP contribution is 2.30. The van der Waals surface area contributed by atoms with Crippen LogP contribution in [0.1, 0.15) is 49.9 Å². The van der Waals surface area contributed by atoms with Gasteiger partial charge in [-0.2, -0.15) is 0 Å². The van der Waals surface area contributed by atoms with E-state index in [9.17, 15) is 4.79 Å². The lowest BCUT2D eigenvalue weighted by Crippen LogP contribution is -2.44. The van der Waals surface area contributed by atoms with Crippen molar-refractivity contribution in [2.45, 2.75) is 45.6 Å². The standard InChI is InChI=1S/C16H25N3O/c1-11(2)12-7-4-5-9-14(12)19-16(20)13-8-6-10-18-15(13)17-3/h6,8,10-12,14H,4-5,7,9H2,1-3H3,(H,17,18)(H,19,20). The molecular formula is C16H25N3O. The molecule has 1 aromatic rings. The Labute approximate surface area is 121 Å². The zero-order valence-corrected chi connectivity index (χ0v) is 12.6. The molecule has 0 bridgehead atoms. The quantitative estimate of drug-likeness (QED) is 0.888. The van der Waals surface area contributed by atoms with Crippen LogP contribution in [0.25, 0.3) is 0 Å². The number of pyridine rings is 1. The van der Waals surface area contributed by atoms with Crippen molar-refractivity contribution in [1.29, 1.82) is 0 Å². The molecule has 1 aliphatic carbocycles. The summed E-state index contributed by atoms with van der Waals surface area (Å²) in [4.78, 5) is 16.7. The minimum atomic E-state index is -0.0139. The Morgan fingerprint density at radius 2 is 2.10 bits per heavy atom. The Hall–Kier alpha value is -1.58. The molecule has 1 amide bonds. The van der Waals surface area contributed by atoms with Gasteiger partial charge in [-0.3, -0.25) is 4.79 Å². The Morgan fingerprint density at radius 1 is 1.35 bits per heavy atom. The summed E-state index contributed by atoms with van der Waals surface area (Å²) in [7, 11) is 1.79. The van der Waals surface area contributed by atoms with Gasteiger partial charge in [-0.1, -0.05) is 26.7 Å². The zero-order chi connectivity index (χ0) is 14.5. The molecule has 4 nitrogen and oxygen atoms in total. The highest BCUT2D eigenvalue weighted by Gasteiger charge is 2.29. The number of nitrogens with one attached hydrogen (secondary N) is 2. The first-order valence-electron chi connectivity index (χ1n) is 7.57. The molecule has 0 radical (unpaired) electrons. The van der Waals surface area contributed by atoms with Crippen LogP contribution in [0, 0.1) is 11.8 Å². The van der Waals surface area contributed by atoms with E-state index < -0.39 is 0 Å². The largest absolute Gasteiger partial charge is 0.372 e. The molecule has 1 aliphatic rings. The Balaban J connectivity index is 2.10. The van der Waals surface area contributed by atoms with Crippen molar-refractivity contribution in [2.24, 2.45) is 11.8 Å². The maximum atomic E-state index is 12.5. The van der Waals surface area contributed by atoms with Crippen LogP contribution in [0.5, 0.6) is 0 Å². The Kier molecular flexibility index (Phi) is 4.99. The van der Waals surface area contributed by atoms with Gasteiger partial charge >= 0.3 is 0 Å². The summed E-state index contributed by atoms with van der Waals surface area (Å²) in [5.74, 6) is 1.82. The first-order chi connectivity index (χ1) is 9.63. The van der Waals surface area contributed by atoms with Crippen molar-refractivity contribution < 1.29 is 4.79 Å². The van der Waals surface area contributed by atoms with Crippen LogP contribution in [0.2, 0.25) is 0 Å². The molecule has 1 fully saturated rings. The molecule has 0 aromatic carbocycles. The van der Waals surface area contributed by atoms with E-state index in [1.54, 1.807) is 19.3 Å². The normalized spacial score (nSPS) is 22.6. The van der Waals surface area contributed by atoms with Crippen LogP contribution in [0.3, 0.4) is 0 Å². The average Bonchev–Trinajstić information content (AvgIpc) is 2.47. The summed E-state index contributed by atoms with van der Waals surface area (Å²) in [5.41, 5.74) is 0.628. The van der Waals surface area contributed by atoms with Gasteiger partial charge < -0.3 is 10.6 Å². The lowest BCUT2D eigenvalue weighted by molar-refractivity contribution is 0.0889. The molecule has 1 aromatic heterocycles. The summed E-state index contributed by atoms with van der Waals surface area (Å²) in [6, 6.07) is 3.92. The average molecular weight is 275 g/mol. The van der Waals surface area contributed by atoms with Crippen molar-refractivity contribution in [1.82, 2.24) is 10.3 Å². The smallest absolute Gasteiger partial charge is 0.255 e. The highest BCUT2D eigenvalue weighted by molar-refractivity contribution is 5.98. The van der Waals surface area contributed by atoms with Crippen LogP contribution in [-0.2, 0) is 0 Å². The van der Waals surface area contributed by atoms with Gasteiger partial charge in [0.2, 0.25) is 0 Å². The van der Waals surface area contributed by atoms with E-state index in [0.717, 1.165) is 6.42 Å². The van der Waals surface area contributed by atoms with E-state index in [1.165, 1.54) is 19.3 Å². The molecule has 1 saturated carbocycles. The number of carbonyl (C=O) groups is 1. The van der Waals surface area contributed by atoms with Crippen LogP contribution in [0.4, 0.5) is 5.82 Å². The summed E-state index contributed by atoms with van der Waals surface area (Å²) in [5, 5.41) is 6.20. The van der Waals surface area contributed by atoms with Crippen molar-refractivity contribution in [3.8, 4) is 0 Å². The van der Waals surface area contributed by atoms with Crippen molar-refractivity contribution in [3.63, 3.8) is 0 Å². The number of carbonyl (C=O) groups excluding carboxylic acids is 1. The minimum absolute atomic E-state index is 0.0139. The maximum Gasteiger partial charge on any atom is 0.255 e. The van der Waals surface area contributed by atoms with Crippen LogP contribution < -0.4 is 10.6 Å². The fourth-order valence-corrected chi connectivity index (χ4v) is 3.17. The van der Waals surface area contributed by atoms with E-state index in [2.05, 4.69) is 29.5 Å². The number of nitrogens with zero attached hydrogens (tertiary/aromatic N) is 1. The lowest BCUT2D eigenvalue weighted by atomic mass is 9.78. The molecular weight excluding hydrogens is 250 g/mol. The van der Waals surface area contributed by atoms with Gasteiger partial charge in [-0.15, -0.1) is 0 Å². The molecule has 1 heterocycles. The van der Waals surface area contributed by atoms with Gasteiger partial charge in [0.15, 0.2) is 0 Å². The third-order valence-electron chi connectivity index (χ3n) is 4.28. The Morgan fingerprint density at radius 3 is 2.80 bits per heavy atom. The van der Waals surface area contributed by atoms with Crippen LogP contribution in [0.15, 0.2) is 18.3 Å². The molecule has 2 unspecified atom stereocenters. The van der Waals surface area contributed by atoms with E-state index in [4.69, 9.17) is 0 Å². The highest BCUT2D eigenvalue weighted by atomic mass is 16.1. The molecule has 0 saturated heterocycles. The van der Waals surface area contributed by atoms with Crippen LogP contribution >= 0.6 is 0 Å². The number of aromatic nitrogens is 1. The number of amides is 1. The second-order valence-electron chi connectivity index (χ2n) is 5.92. The molecule has 20 heavy (non-hydrogen) atoms. The first kappa shape index (κ1) is 14.8.